The van der Waals surface area contributed by atoms with E-state index in [0.29, 0.717) is 17.9 Å². The molecule has 0 unspecified atom stereocenters. The minimum atomic E-state index is -0.653. The van der Waals surface area contributed by atoms with Crippen molar-refractivity contribution in [2.45, 2.75) is 13.3 Å². The Bertz CT molecular complexity index is 649. The minimum Gasteiger partial charge on any atom is -0.369 e. The Morgan fingerprint density at radius 3 is 2.90 bits per heavy atom. The largest absolute Gasteiger partial charge is 0.369 e. The van der Waals surface area contributed by atoms with E-state index in [1.807, 2.05) is 6.92 Å². The van der Waals surface area contributed by atoms with Crippen molar-refractivity contribution in [3.8, 4) is 0 Å². The molecular formula is C15H15ClFN3O. The fourth-order valence-electron chi connectivity index (χ4n) is 1.76. The maximum Gasteiger partial charge on any atom is 0.259 e. The fourth-order valence-corrected chi connectivity index (χ4v) is 1.94. The SMILES string of the molecule is CCCNc1ncccc1C(=O)Nc1cccc(Cl)c1F. The van der Waals surface area contributed by atoms with Gasteiger partial charge in [-0.25, -0.2) is 9.37 Å². The van der Waals surface area contributed by atoms with Crippen molar-refractivity contribution >= 4 is 29.0 Å². The summed E-state index contributed by atoms with van der Waals surface area (Å²) in [5.41, 5.74) is 0.392. The van der Waals surface area contributed by atoms with E-state index in [1.165, 1.54) is 12.1 Å². The van der Waals surface area contributed by atoms with Crippen molar-refractivity contribution in [3.05, 3.63) is 52.9 Å². The fraction of sp³-hybridized carbons (Fsp3) is 0.200. The number of carbonyl (C=O) groups excluding carboxylic acids is 1. The van der Waals surface area contributed by atoms with E-state index in [2.05, 4.69) is 15.6 Å². The summed E-state index contributed by atoms with van der Waals surface area (Å²) >= 11 is 5.69. The Morgan fingerprint density at radius 2 is 2.14 bits per heavy atom. The Kier molecular flexibility index (Phi) is 5.11. The van der Waals surface area contributed by atoms with Crippen molar-refractivity contribution in [1.82, 2.24) is 4.98 Å². The first-order valence-corrected chi connectivity index (χ1v) is 6.95. The number of nitrogens with zero attached hydrogens (tertiary/aromatic N) is 1. The van der Waals surface area contributed by atoms with Crippen molar-refractivity contribution < 1.29 is 9.18 Å². The standard InChI is InChI=1S/C15H15ClFN3O/c1-2-8-18-14-10(5-4-9-19-14)15(21)20-12-7-3-6-11(16)13(12)17/h3-7,9H,2,8H2,1H3,(H,18,19)(H,20,21). The van der Waals surface area contributed by atoms with Crippen LogP contribution >= 0.6 is 11.6 Å². The molecule has 110 valence electrons. The average molecular weight is 308 g/mol. The molecule has 6 heteroatoms. The van der Waals surface area contributed by atoms with E-state index >= 15 is 0 Å². The molecule has 0 aliphatic rings. The highest BCUT2D eigenvalue weighted by molar-refractivity contribution is 6.31. The summed E-state index contributed by atoms with van der Waals surface area (Å²) in [6, 6.07) is 7.73. The number of halogens is 2. The topological polar surface area (TPSA) is 54.0 Å². The summed E-state index contributed by atoms with van der Waals surface area (Å²) in [5, 5.41) is 5.53. The second kappa shape index (κ2) is 7.04. The van der Waals surface area contributed by atoms with Crippen LogP contribution < -0.4 is 10.6 Å². The van der Waals surface area contributed by atoms with Crippen LogP contribution in [0.1, 0.15) is 23.7 Å². The first-order valence-electron chi connectivity index (χ1n) is 6.57. The van der Waals surface area contributed by atoms with Gasteiger partial charge in [0.15, 0.2) is 5.82 Å². The quantitative estimate of drug-likeness (QED) is 0.879. The average Bonchev–Trinajstić information content (AvgIpc) is 2.50. The van der Waals surface area contributed by atoms with E-state index in [9.17, 15) is 9.18 Å². The van der Waals surface area contributed by atoms with Crippen LogP contribution in [0.4, 0.5) is 15.9 Å². The molecule has 0 radical (unpaired) electrons. The number of pyridine rings is 1. The highest BCUT2D eigenvalue weighted by atomic mass is 35.5. The van der Waals surface area contributed by atoms with Gasteiger partial charge < -0.3 is 10.6 Å². The predicted octanol–water partition coefficient (Wildman–Crippen LogP) is 3.95. The van der Waals surface area contributed by atoms with Crippen LogP contribution in [0.2, 0.25) is 5.02 Å². The number of rotatable bonds is 5. The normalized spacial score (nSPS) is 10.2. The van der Waals surface area contributed by atoms with Gasteiger partial charge in [-0.15, -0.1) is 0 Å². The maximum atomic E-state index is 13.8. The first-order chi connectivity index (χ1) is 10.1. The van der Waals surface area contributed by atoms with Crippen LogP contribution in [0.5, 0.6) is 0 Å². The lowest BCUT2D eigenvalue weighted by Gasteiger charge is -2.11. The summed E-state index contributed by atoms with van der Waals surface area (Å²) < 4.78 is 13.8. The van der Waals surface area contributed by atoms with Crippen LogP contribution in [0.3, 0.4) is 0 Å². The molecule has 2 N–H and O–H groups in total. The lowest BCUT2D eigenvalue weighted by Crippen LogP contribution is -2.16. The van der Waals surface area contributed by atoms with E-state index in [-0.39, 0.29) is 10.7 Å². The Morgan fingerprint density at radius 1 is 1.33 bits per heavy atom. The third-order valence-corrected chi connectivity index (χ3v) is 3.09. The molecule has 0 spiro atoms. The monoisotopic (exact) mass is 307 g/mol. The second-order valence-corrected chi connectivity index (χ2v) is 4.79. The molecule has 21 heavy (non-hydrogen) atoms. The van der Waals surface area contributed by atoms with Crippen LogP contribution in [-0.4, -0.2) is 17.4 Å². The molecule has 1 amide bonds. The zero-order valence-electron chi connectivity index (χ0n) is 11.5. The van der Waals surface area contributed by atoms with Gasteiger partial charge in [-0.1, -0.05) is 24.6 Å². The maximum absolute atomic E-state index is 13.8. The number of carbonyl (C=O) groups is 1. The van der Waals surface area contributed by atoms with Gasteiger partial charge in [-0.3, -0.25) is 4.79 Å². The number of amides is 1. The van der Waals surface area contributed by atoms with Gasteiger partial charge in [0, 0.05) is 12.7 Å². The predicted molar refractivity (Wildman–Crippen MR) is 82.4 cm³/mol. The minimum absolute atomic E-state index is 0.0386. The zero-order valence-corrected chi connectivity index (χ0v) is 12.2. The first kappa shape index (κ1) is 15.3. The lowest BCUT2D eigenvalue weighted by molar-refractivity contribution is 0.102. The van der Waals surface area contributed by atoms with Gasteiger partial charge >= 0.3 is 0 Å². The molecule has 1 heterocycles. The molecule has 0 fully saturated rings. The van der Waals surface area contributed by atoms with Gasteiger partial charge in [0.2, 0.25) is 0 Å². The smallest absolute Gasteiger partial charge is 0.259 e. The van der Waals surface area contributed by atoms with E-state index in [0.717, 1.165) is 6.42 Å². The highest BCUT2D eigenvalue weighted by Crippen LogP contribution is 2.23. The van der Waals surface area contributed by atoms with Crippen LogP contribution in [0, 0.1) is 5.82 Å². The van der Waals surface area contributed by atoms with Crippen LogP contribution in [0.25, 0.3) is 0 Å². The zero-order chi connectivity index (χ0) is 15.2. The number of hydrogen-bond acceptors (Lipinski definition) is 3. The molecule has 0 aliphatic carbocycles. The molecular weight excluding hydrogens is 293 g/mol. The Balaban J connectivity index is 2.22. The molecule has 1 aromatic heterocycles. The van der Waals surface area contributed by atoms with Crippen molar-refractivity contribution in [1.29, 1.82) is 0 Å². The summed E-state index contributed by atoms with van der Waals surface area (Å²) in [4.78, 5) is 16.4. The number of hydrogen-bond donors (Lipinski definition) is 2. The van der Waals surface area contributed by atoms with E-state index in [4.69, 9.17) is 11.6 Å². The van der Waals surface area contributed by atoms with Crippen molar-refractivity contribution in [2.75, 3.05) is 17.2 Å². The molecule has 2 rings (SSSR count). The van der Waals surface area contributed by atoms with Crippen molar-refractivity contribution in [2.24, 2.45) is 0 Å². The number of aromatic nitrogens is 1. The van der Waals surface area contributed by atoms with Crippen LogP contribution in [-0.2, 0) is 0 Å². The summed E-state index contributed by atoms with van der Waals surface area (Å²) in [5.74, 6) is -0.623. The van der Waals surface area contributed by atoms with Gasteiger partial charge in [0.25, 0.3) is 5.91 Å². The summed E-state index contributed by atoms with van der Waals surface area (Å²) in [6.45, 7) is 2.71. The number of anilines is 2. The molecule has 0 bridgehead atoms. The van der Waals surface area contributed by atoms with Gasteiger partial charge in [-0.2, -0.15) is 0 Å². The number of benzene rings is 1. The summed E-state index contributed by atoms with van der Waals surface area (Å²) in [6.07, 6.45) is 2.50. The number of nitrogens with one attached hydrogen (secondary N) is 2. The Hall–Kier alpha value is -2.14. The Labute approximate surface area is 127 Å². The van der Waals surface area contributed by atoms with Crippen LogP contribution in [0.15, 0.2) is 36.5 Å². The van der Waals surface area contributed by atoms with E-state index in [1.54, 1.807) is 24.4 Å². The molecule has 0 saturated heterocycles. The molecule has 0 atom stereocenters. The highest BCUT2D eigenvalue weighted by Gasteiger charge is 2.15. The molecule has 4 nitrogen and oxygen atoms in total. The van der Waals surface area contributed by atoms with Crippen molar-refractivity contribution in [3.63, 3.8) is 0 Å². The van der Waals surface area contributed by atoms with Gasteiger partial charge in [0.1, 0.15) is 5.82 Å². The summed E-state index contributed by atoms with van der Waals surface area (Å²) in [7, 11) is 0. The third-order valence-electron chi connectivity index (χ3n) is 2.79. The molecule has 0 aliphatic heterocycles. The van der Waals surface area contributed by atoms with Gasteiger partial charge in [0.05, 0.1) is 16.3 Å². The lowest BCUT2D eigenvalue weighted by atomic mass is 10.2. The third kappa shape index (κ3) is 3.70. The van der Waals surface area contributed by atoms with E-state index < -0.39 is 11.7 Å². The molecule has 1 aromatic carbocycles. The second-order valence-electron chi connectivity index (χ2n) is 4.38. The van der Waals surface area contributed by atoms with Gasteiger partial charge in [-0.05, 0) is 30.7 Å². The molecule has 0 saturated carbocycles. The molecule has 2 aromatic rings.